The maximum absolute atomic E-state index is 11.5. The summed E-state index contributed by atoms with van der Waals surface area (Å²) in [5.74, 6) is 0.888. The fourth-order valence-corrected chi connectivity index (χ4v) is 3.53. The number of rotatable bonds is 6. The van der Waals surface area contributed by atoms with E-state index in [1.807, 2.05) is 6.07 Å². The lowest BCUT2D eigenvalue weighted by Gasteiger charge is -2.31. The van der Waals surface area contributed by atoms with Crippen molar-refractivity contribution in [2.45, 2.75) is 51.5 Å². The van der Waals surface area contributed by atoms with E-state index in [9.17, 15) is 4.79 Å². The summed E-state index contributed by atoms with van der Waals surface area (Å²) in [7, 11) is 0. The molecule has 4 heteroatoms. The third-order valence-corrected chi connectivity index (χ3v) is 4.98. The van der Waals surface area contributed by atoms with Crippen molar-refractivity contribution in [3.05, 3.63) is 28.3 Å². The van der Waals surface area contributed by atoms with E-state index in [0.717, 1.165) is 47.1 Å². The minimum absolute atomic E-state index is 0.0651. The van der Waals surface area contributed by atoms with Crippen molar-refractivity contribution in [2.24, 2.45) is 5.92 Å². The number of hydrogen-bond donors (Lipinski definition) is 2. The predicted octanol–water partition coefficient (Wildman–Crippen LogP) is 4.07. The van der Waals surface area contributed by atoms with Crippen LogP contribution in [-0.4, -0.2) is 12.5 Å². The average molecular weight is 307 g/mol. The zero-order valence-electron chi connectivity index (χ0n) is 12.5. The molecule has 3 rings (SSSR count). The molecule has 0 aromatic heterocycles. The maximum Gasteiger partial charge on any atom is 0.228 e. The summed E-state index contributed by atoms with van der Waals surface area (Å²) in [5.41, 5.74) is 3.12. The molecule has 1 aliphatic heterocycles. The molecule has 0 saturated heterocycles. The lowest BCUT2D eigenvalue weighted by atomic mass is 9.79. The first kappa shape index (κ1) is 14.9. The highest BCUT2D eigenvalue weighted by molar-refractivity contribution is 6.32. The zero-order valence-corrected chi connectivity index (χ0v) is 13.3. The molecule has 1 unspecified atom stereocenters. The molecule has 1 atom stereocenters. The number of fused-ring (bicyclic) bond motifs is 1. The molecular formula is C17H23ClN2O. The summed E-state index contributed by atoms with van der Waals surface area (Å²) >= 11 is 6.48. The largest absolute Gasteiger partial charge is 0.325 e. The van der Waals surface area contributed by atoms with E-state index in [2.05, 4.69) is 23.6 Å². The van der Waals surface area contributed by atoms with E-state index < -0.39 is 0 Å². The Kier molecular flexibility index (Phi) is 4.51. The lowest BCUT2D eigenvalue weighted by Crippen LogP contribution is -2.27. The van der Waals surface area contributed by atoms with Gasteiger partial charge < -0.3 is 10.6 Å². The van der Waals surface area contributed by atoms with Crippen LogP contribution in [0.3, 0.4) is 0 Å². The molecular weight excluding hydrogens is 284 g/mol. The molecule has 2 N–H and O–H groups in total. The number of anilines is 1. The molecule has 0 radical (unpaired) electrons. The highest BCUT2D eigenvalue weighted by Gasteiger charge is 2.26. The second-order valence-electron chi connectivity index (χ2n) is 6.30. The highest BCUT2D eigenvalue weighted by Crippen LogP contribution is 2.39. The van der Waals surface area contributed by atoms with Crippen LogP contribution in [0.25, 0.3) is 0 Å². The molecule has 0 bridgehead atoms. The molecule has 1 saturated carbocycles. The van der Waals surface area contributed by atoms with Crippen LogP contribution in [0, 0.1) is 5.92 Å². The van der Waals surface area contributed by atoms with Crippen LogP contribution in [0.4, 0.5) is 5.69 Å². The Morgan fingerprint density at radius 3 is 2.90 bits per heavy atom. The van der Waals surface area contributed by atoms with Gasteiger partial charge in [-0.15, -0.1) is 0 Å². The molecule has 1 aromatic rings. The first-order chi connectivity index (χ1) is 10.2. The summed E-state index contributed by atoms with van der Waals surface area (Å²) in [6, 6.07) is 4.35. The van der Waals surface area contributed by atoms with E-state index in [-0.39, 0.29) is 5.91 Å². The van der Waals surface area contributed by atoms with Gasteiger partial charge in [0.05, 0.1) is 6.42 Å². The SMILES string of the molecule is CCCNC(CC1CCC1)c1cc2c(cc1Cl)NC(=O)C2. The standard InChI is InChI=1S/C17H23ClN2O/c1-2-6-19-16(7-11-4-3-5-11)13-8-12-9-17(21)20-15(12)10-14(13)18/h8,10-11,16,19H,2-7,9H2,1H3,(H,20,21). The molecule has 21 heavy (non-hydrogen) atoms. The Balaban J connectivity index is 1.83. The van der Waals surface area contributed by atoms with Crippen LogP contribution in [-0.2, 0) is 11.2 Å². The van der Waals surface area contributed by atoms with E-state index >= 15 is 0 Å². The van der Waals surface area contributed by atoms with Crippen LogP contribution in [0.1, 0.15) is 56.2 Å². The van der Waals surface area contributed by atoms with Crippen molar-refractivity contribution in [1.29, 1.82) is 0 Å². The number of halogens is 1. The lowest BCUT2D eigenvalue weighted by molar-refractivity contribution is -0.115. The number of hydrogen-bond acceptors (Lipinski definition) is 2. The van der Waals surface area contributed by atoms with Gasteiger partial charge in [-0.25, -0.2) is 0 Å². The van der Waals surface area contributed by atoms with Gasteiger partial charge >= 0.3 is 0 Å². The first-order valence-electron chi connectivity index (χ1n) is 8.03. The van der Waals surface area contributed by atoms with E-state index in [0.29, 0.717) is 12.5 Å². The Morgan fingerprint density at radius 1 is 1.43 bits per heavy atom. The third-order valence-electron chi connectivity index (χ3n) is 4.66. The molecule has 0 spiro atoms. The van der Waals surface area contributed by atoms with Gasteiger partial charge in [-0.05, 0) is 42.5 Å². The summed E-state index contributed by atoms with van der Waals surface area (Å²) < 4.78 is 0. The first-order valence-corrected chi connectivity index (χ1v) is 8.40. The Labute approximate surface area is 131 Å². The normalized spacial score (nSPS) is 19.0. The molecule has 1 fully saturated rings. The zero-order chi connectivity index (χ0) is 14.8. The average Bonchev–Trinajstić information content (AvgIpc) is 2.75. The van der Waals surface area contributed by atoms with Gasteiger partial charge in [-0.2, -0.15) is 0 Å². The molecule has 1 heterocycles. The Morgan fingerprint density at radius 2 is 2.24 bits per heavy atom. The summed E-state index contributed by atoms with van der Waals surface area (Å²) in [6.45, 7) is 3.18. The van der Waals surface area contributed by atoms with Crippen molar-refractivity contribution in [3.8, 4) is 0 Å². The second-order valence-corrected chi connectivity index (χ2v) is 6.70. The smallest absolute Gasteiger partial charge is 0.228 e. The number of amides is 1. The van der Waals surface area contributed by atoms with Crippen LogP contribution in [0.15, 0.2) is 12.1 Å². The minimum Gasteiger partial charge on any atom is -0.325 e. The molecule has 2 aliphatic rings. The van der Waals surface area contributed by atoms with Gasteiger partial charge in [0, 0.05) is 16.8 Å². The van der Waals surface area contributed by atoms with E-state index in [1.165, 1.54) is 19.3 Å². The monoisotopic (exact) mass is 306 g/mol. The quantitative estimate of drug-likeness (QED) is 0.832. The van der Waals surface area contributed by atoms with Gasteiger partial charge in [0.1, 0.15) is 0 Å². The van der Waals surface area contributed by atoms with Gasteiger partial charge in [-0.1, -0.05) is 43.9 Å². The number of carbonyl (C=O) groups excluding carboxylic acids is 1. The number of benzene rings is 1. The van der Waals surface area contributed by atoms with Crippen LogP contribution < -0.4 is 10.6 Å². The molecule has 114 valence electrons. The van der Waals surface area contributed by atoms with Crippen molar-refractivity contribution in [1.82, 2.24) is 5.32 Å². The molecule has 1 amide bonds. The van der Waals surface area contributed by atoms with Crippen LogP contribution in [0.5, 0.6) is 0 Å². The summed E-state index contributed by atoms with van der Waals surface area (Å²) in [4.78, 5) is 11.5. The van der Waals surface area contributed by atoms with Crippen LogP contribution >= 0.6 is 11.6 Å². The third kappa shape index (κ3) is 3.24. The van der Waals surface area contributed by atoms with E-state index in [1.54, 1.807) is 0 Å². The van der Waals surface area contributed by atoms with Crippen molar-refractivity contribution in [3.63, 3.8) is 0 Å². The van der Waals surface area contributed by atoms with Gasteiger partial charge in [0.15, 0.2) is 0 Å². The molecule has 1 aliphatic carbocycles. The summed E-state index contributed by atoms with van der Waals surface area (Å²) in [5, 5.41) is 7.27. The van der Waals surface area contributed by atoms with Crippen molar-refractivity contribution in [2.75, 3.05) is 11.9 Å². The predicted molar refractivity (Wildman–Crippen MR) is 86.8 cm³/mol. The van der Waals surface area contributed by atoms with Gasteiger partial charge in [0.25, 0.3) is 0 Å². The topological polar surface area (TPSA) is 41.1 Å². The fourth-order valence-electron chi connectivity index (χ4n) is 3.23. The van der Waals surface area contributed by atoms with E-state index in [4.69, 9.17) is 11.6 Å². The fraction of sp³-hybridized carbons (Fsp3) is 0.588. The second kappa shape index (κ2) is 6.37. The molecule has 3 nitrogen and oxygen atoms in total. The molecule has 1 aromatic carbocycles. The number of nitrogens with one attached hydrogen (secondary N) is 2. The number of carbonyl (C=O) groups is 1. The van der Waals surface area contributed by atoms with Gasteiger partial charge in [0.2, 0.25) is 5.91 Å². The Hall–Kier alpha value is -1.06. The van der Waals surface area contributed by atoms with Crippen molar-refractivity contribution >= 4 is 23.2 Å². The van der Waals surface area contributed by atoms with Crippen molar-refractivity contribution < 1.29 is 4.79 Å². The summed E-state index contributed by atoms with van der Waals surface area (Å²) in [6.07, 6.45) is 6.79. The maximum atomic E-state index is 11.5. The van der Waals surface area contributed by atoms with Crippen LogP contribution in [0.2, 0.25) is 5.02 Å². The highest BCUT2D eigenvalue weighted by atomic mass is 35.5. The minimum atomic E-state index is 0.0651. The Bertz CT molecular complexity index is 540. The van der Waals surface area contributed by atoms with Gasteiger partial charge in [-0.3, -0.25) is 4.79 Å².